The molecule has 2 rings (SSSR count). The van der Waals surface area contributed by atoms with Crippen molar-refractivity contribution in [3.05, 3.63) is 60.2 Å². The van der Waals surface area contributed by atoms with E-state index in [2.05, 4.69) is 16.0 Å². The van der Waals surface area contributed by atoms with Gasteiger partial charge in [0, 0.05) is 6.04 Å². The van der Waals surface area contributed by atoms with E-state index in [0.29, 0.717) is 6.42 Å². The first-order chi connectivity index (χ1) is 13.4. The van der Waals surface area contributed by atoms with Crippen molar-refractivity contribution in [2.24, 2.45) is 17.5 Å². The first-order valence-corrected chi connectivity index (χ1v) is 8.92. The molecule has 0 spiro atoms. The number of hydrogen-bond acceptors (Lipinski definition) is 4. The van der Waals surface area contributed by atoms with Gasteiger partial charge in [-0.3, -0.25) is 15.3 Å². The highest BCUT2D eigenvalue weighted by atomic mass is 16.4. The molecule has 0 fully saturated rings. The van der Waals surface area contributed by atoms with E-state index in [9.17, 15) is 14.7 Å². The van der Waals surface area contributed by atoms with Crippen molar-refractivity contribution in [1.29, 1.82) is 0 Å². The lowest BCUT2D eigenvalue weighted by Gasteiger charge is -2.20. The Labute approximate surface area is 163 Å². The normalized spacial score (nSPS) is 13.4. The molecule has 0 unspecified atom stereocenters. The van der Waals surface area contributed by atoms with Crippen LogP contribution in [-0.2, 0) is 16.0 Å². The highest BCUT2D eigenvalue weighted by Crippen LogP contribution is 2.20. The fourth-order valence-corrected chi connectivity index (χ4v) is 2.87. The van der Waals surface area contributed by atoms with Gasteiger partial charge in [-0.2, -0.15) is 10.6 Å². The maximum Gasteiger partial charge on any atom is 0.355 e. The SMILES string of the molecule is C[C@H](C[C@@H](Cc1ccc(-c2ccccc2)cc1)NC(=O)/C(N)=[NH+]/NN)C(=O)O. The van der Waals surface area contributed by atoms with Gasteiger partial charge in [0.25, 0.3) is 0 Å². The molecule has 148 valence electrons. The van der Waals surface area contributed by atoms with E-state index in [-0.39, 0.29) is 12.3 Å². The number of benzene rings is 2. The first-order valence-electron chi connectivity index (χ1n) is 8.92. The summed E-state index contributed by atoms with van der Waals surface area (Å²) < 4.78 is 0. The highest BCUT2D eigenvalue weighted by molar-refractivity contribution is 6.34. The van der Waals surface area contributed by atoms with Crippen LogP contribution in [0, 0.1) is 5.92 Å². The summed E-state index contributed by atoms with van der Waals surface area (Å²) in [4.78, 5) is 23.4. The number of hydrazine groups is 2. The molecule has 0 radical (unpaired) electrons. The Bertz CT molecular complexity index is 821. The average molecular weight is 384 g/mol. The standard InChI is InChI=1S/C20H25N5O3/c1-13(20(27)28)11-17(23-19(26)18(21)24-25-22)12-14-7-9-16(10-8-14)15-5-3-2-4-6-15/h2-10,13,17,25H,11-12,22H2,1H3,(H2,21,24)(H,23,26)(H,27,28)/p+1/t13-,17+/m1/s1. The Morgan fingerprint density at radius 1 is 1.07 bits per heavy atom. The maximum atomic E-state index is 12.1. The van der Waals surface area contributed by atoms with Crippen molar-refractivity contribution >= 4 is 17.7 Å². The van der Waals surface area contributed by atoms with Crippen LogP contribution in [0.1, 0.15) is 18.9 Å². The van der Waals surface area contributed by atoms with Gasteiger partial charge in [0.2, 0.25) is 0 Å². The zero-order chi connectivity index (χ0) is 20.5. The van der Waals surface area contributed by atoms with Crippen molar-refractivity contribution in [3.63, 3.8) is 0 Å². The van der Waals surface area contributed by atoms with Gasteiger partial charge in [-0.05, 0) is 29.5 Å². The summed E-state index contributed by atoms with van der Waals surface area (Å²) >= 11 is 0. The number of rotatable bonds is 8. The molecule has 2 atom stereocenters. The van der Waals surface area contributed by atoms with E-state index in [0.717, 1.165) is 16.7 Å². The molecular formula is C20H26N5O3+. The van der Waals surface area contributed by atoms with E-state index in [4.69, 9.17) is 11.6 Å². The summed E-state index contributed by atoms with van der Waals surface area (Å²) in [6, 6.07) is 17.5. The number of carboxylic acid groups (broad SMARTS) is 1. The number of hydrogen-bond donors (Lipinski definition) is 6. The topological polar surface area (TPSA) is 144 Å². The second-order valence-corrected chi connectivity index (χ2v) is 6.60. The van der Waals surface area contributed by atoms with E-state index >= 15 is 0 Å². The molecule has 0 saturated carbocycles. The molecule has 0 aliphatic heterocycles. The Morgan fingerprint density at radius 2 is 1.68 bits per heavy atom. The summed E-state index contributed by atoms with van der Waals surface area (Å²) in [5.74, 6) is 2.80. The number of amidine groups is 1. The van der Waals surface area contributed by atoms with Gasteiger partial charge >= 0.3 is 17.7 Å². The van der Waals surface area contributed by atoms with Crippen LogP contribution in [-0.4, -0.2) is 28.9 Å². The van der Waals surface area contributed by atoms with Gasteiger partial charge in [0.15, 0.2) is 0 Å². The monoisotopic (exact) mass is 384 g/mol. The summed E-state index contributed by atoms with van der Waals surface area (Å²) in [7, 11) is 0. The van der Waals surface area contributed by atoms with E-state index in [1.54, 1.807) is 6.92 Å². The molecule has 0 aliphatic carbocycles. The lowest BCUT2D eigenvalue weighted by Crippen LogP contribution is -2.89. The number of aliphatic carboxylic acids is 1. The zero-order valence-electron chi connectivity index (χ0n) is 15.7. The van der Waals surface area contributed by atoms with Gasteiger partial charge in [-0.1, -0.05) is 61.5 Å². The van der Waals surface area contributed by atoms with Gasteiger partial charge in [0.1, 0.15) is 0 Å². The Kier molecular flexibility index (Phi) is 7.53. The average Bonchev–Trinajstić information content (AvgIpc) is 2.69. The van der Waals surface area contributed by atoms with Crippen LogP contribution >= 0.6 is 0 Å². The summed E-state index contributed by atoms with van der Waals surface area (Å²) in [6.45, 7) is 1.60. The number of carbonyl (C=O) groups is 2. The summed E-state index contributed by atoms with van der Waals surface area (Å²) in [6.07, 6.45) is 0.743. The van der Waals surface area contributed by atoms with E-state index in [1.165, 1.54) is 0 Å². The summed E-state index contributed by atoms with van der Waals surface area (Å²) in [5, 5.41) is 14.3. The fourth-order valence-electron chi connectivity index (χ4n) is 2.87. The quantitative estimate of drug-likeness (QED) is 0.154. The van der Waals surface area contributed by atoms with Crippen molar-refractivity contribution in [2.75, 3.05) is 0 Å². The third-order valence-corrected chi connectivity index (χ3v) is 4.39. The molecule has 0 aliphatic rings. The third kappa shape index (κ3) is 6.10. The van der Waals surface area contributed by atoms with Crippen LogP contribution < -0.4 is 27.5 Å². The predicted octanol–water partition coefficient (Wildman–Crippen LogP) is -0.692. The van der Waals surface area contributed by atoms with Crippen molar-refractivity contribution in [1.82, 2.24) is 10.9 Å². The molecule has 8 nitrogen and oxygen atoms in total. The first kappa shape index (κ1) is 20.9. The van der Waals surface area contributed by atoms with Crippen LogP contribution in [0.25, 0.3) is 11.1 Å². The Balaban J connectivity index is 2.13. The van der Waals surface area contributed by atoms with Gasteiger partial charge < -0.3 is 10.4 Å². The fraction of sp³-hybridized carbons (Fsp3) is 0.250. The predicted molar refractivity (Wildman–Crippen MR) is 106 cm³/mol. The van der Waals surface area contributed by atoms with Crippen molar-refractivity contribution in [2.45, 2.75) is 25.8 Å². The molecular weight excluding hydrogens is 358 g/mol. The highest BCUT2D eigenvalue weighted by Gasteiger charge is 2.23. The largest absolute Gasteiger partial charge is 0.481 e. The van der Waals surface area contributed by atoms with E-state index < -0.39 is 23.8 Å². The number of hydrazone groups is 1. The second-order valence-electron chi connectivity index (χ2n) is 6.60. The molecule has 2 aromatic rings. The van der Waals surface area contributed by atoms with E-state index in [1.807, 2.05) is 54.6 Å². The maximum absolute atomic E-state index is 12.1. The van der Waals surface area contributed by atoms with Crippen molar-refractivity contribution < 1.29 is 19.8 Å². The Morgan fingerprint density at radius 3 is 2.25 bits per heavy atom. The minimum absolute atomic E-state index is 0.199. The molecule has 28 heavy (non-hydrogen) atoms. The van der Waals surface area contributed by atoms with Gasteiger partial charge in [-0.15, -0.1) is 0 Å². The Hall–Kier alpha value is -3.39. The molecule has 2 aromatic carbocycles. The number of amides is 1. The number of nitrogens with one attached hydrogen (secondary N) is 3. The molecule has 8 heteroatoms. The molecule has 0 saturated heterocycles. The van der Waals surface area contributed by atoms with Crippen LogP contribution in [0.4, 0.5) is 0 Å². The summed E-state index contributed by atoms with van der Waals surface area (Å²) in [5.41, 5.74) is 10.8. The van der Waals surface area contributed by atoms with Crippen LogP contribution in [0.2, 0.25) is 0 Å². The number of carboxylic acids is 1. The zero-order valence-corrected chi connectivity index (χ0v) is 15.7. The minimum Gasteiger partial charge on any atom is -0.481 e. The van der Waals surface area contributed by atoms with Gasteiger partial charge in [-0.25, -0.2) is 5.84 Å². The second kappa shape index (κ2) is 10.1. The lowest BCUT2D eigenvalue weighted by atomic mass is 9.95. The molecule has 0 aromatic heterocycles. The van der Waals surface area contributed by atoms with Crippen LogP contribution in [0.5, 0.6) is 0 Å². The van der Waals surface area contributed by atoms with Gasteiger partial charge in [0.05, 0.1) is 5.92 Å². The molecule has 0 bridgehead atoms. The van der Waals surface area contributed by atoms with Crippen LogP contribution in [0.15, 0.2) is 54.6 Å². The number of carbonyl (C=O) groups excluding carboxylic acids is 1. The molecule has 1 amide bonds. The van der Waals surface area contributed by atoms with Crippen molar-refractivity contribution in [3.8, 4) is 11.1 Å². The minimum atomic E-state index is -0.919. The third-order valence-electron chi connectivity index (χ3n) is 4.39. The lowest BCUT2D eigenvalue weighted by molar-refractivity contribution is -0.528. The number of nitrogens with two attached hydrogens (primary N) is 2. The van der Waals surface area contributed by atoms with Crippen LogP contribution in [0.3, 0.4) is 0 Å². The molecule has 0 heterocycles. The molecule has 8 N–H and O–H groups in total. The smallest absolute Gasteiger partial charge is 0.355 e.